The highest BCUT2D eigenvalue weighted by atomic mass is 15.1. The summed E-state index contributed by atoms with van der Waals surface area (Å²) in [6.45, 7) is 9.52. The first-order valence-corrected chi connectivity index (χ1v) is 7.01. The van der Waals surface area contributed by atoms with E-state index in [4.69, 9.17) is 0 Å². The zero-order valence-corrected chi connectivity index (χ0v) is 12.0. The van der Waals surface area contributed by atoms with E-state index in [-0.39, 0.29) is 0 Å². The van der Waals surface area contributed by atoms with Gasteiger partial charge in [-0.25, -0.2) is 4.98 Å². The van der Waals surface area contributed by atoms with Crippen molar-refractivity contribution in [2.75, 3.05) is 25.0 Å². The Morgan fingerprint density at radius 1 is 1.42 bits per heavy atom. The van der Waals surface area contributed by atoms with E-state index in [1.807, 2.05) is 19.9 Å². The molecule has 0 amide bonds. The number of anilines is 1. The lowest BCUT2D eigenvalue weighted by Crippen LogP contribution is -2.39. The summed E-state index contributed by atoms with van der Waals surface area (Å²) >= 11 is 0. The van der Waals surface area contributed by atoms with Gasteiger partial charge in [0.05, 0.1) is 5.56 Å². The molecule has 102 valence electrons. The highest BCUT2D eigenvalue weighted by Gasteiger charge is 2.19. The van der Waals surface area contributed by atoms with Crippen LogP contribution in [0.25, 0.3) is 0 Å². The van der Waals surface area contributed by atoms with Crippen LogP contribution >= 0.6 is 0 Å². The third kappa shape index (κ3) is 3.24. The number of nitrogens with one attached hydrogen (secondary N) is 1. The van der Waals surface area contributed by atoms with Crippen LogP contribution in [0.5, 0.6) is 0 Å². The number of hydrogen-bond acceptors (Lipinski definition) is 4. The molecular weight excluding hydrogens is 236 g/mol. The Morgan fingerprint density at radius 2 is 2.11 bits per heavy atom. The van der Waals surface area contributed by atoms with Crippen molar-refractivity contribution in [1.82, 2.24) is 9.88 Å². The van der Waals surface area contributed by atoms with E-state index in [1.165, 1.54) is 0 Å². The van der Waals surface area contributed by atoms with E-state index in [2.05, 4.69) is 28.2 Å². The molecule has 0 aromatic carbocycles. The Hall–Kier alpha value is -1.60. The highest BCUT2D eigenvalue weighted by molar-refractivity contribution is 5.56. The van der Waals surface area contributed by atoms with Gasteiger partial charge < -0.3 is 10.2 Å². The zero-order valence-electron chi connectivity index (χ0n) is 12.0. The molecule has 0 bridgehead atoms. The van der Waals surface area contributed by atoms with Gasteiger partial charge in [-0.05, 0) is 44.9 Å². The maximum atomic E-state index is 9.26. The van der Waals surface area contributed by atoms with Gasteiger partial charge in [0.25, 0.3) is 0 Å². The van der Waals surface area contributed by atoms with E-state index in [0.29, 0.717) is 11.6 Å². The Morgan fingerprint density at radius 3 is 2.68 bits per heavy atom. The summed E-state index contributed by atoms with van der Waals surface area (Å²) in [6.07, 6.45) is 2.24. The minimum Gasteiger partial charge on any atom is -0.366 e. The van der Waals surface area contributed by atoms with Gasteiger partial charge in [-0.15, -0.1) is 0 Å². The predicted octanol–water partition coefficient (Wildman–Crippen LogP) is 2.47. The third-order valence-electron chi connectivity index (χ3n) is 3.83. The van der Waals surface area contributed by atoms with Crippen molar-refractivity contribution < 1.29 is 0 Å². The van der Waals surface area contributed by atoms with Crippen LogP contribution in [-0.4, -0.2) is 35.6 Å². The number of piperidine rings is 1. The molecule has 0 radical (unpaired) electrons. The minimum absolute atomic E-state index is 0.434. The van der Waals surface area contributed by atoms with E-state index in [0.717, 1.165) is 49.6 Å². The van der Waals surface area contributed by atoms with Gasteiger partial charge in [0.15, 0.2) is 0 Å². The van der Waals surface area contributed by atoms with Gasteiger partial charge in [0.1, 0.15) is 11.9 Å². The number of nitriles is 1. The smallest absolute Gasteiger partial charge is 0.144 e. The normalized spacial score (nSPS) is 17.2. The molecule has 0 saturated carbocycles. The number of rotatable bonds is 3. The second-order valence-corrected chi connectivity index (χ2v) is 5.27. The lowest BCUT2D eigenvalue weighted by Gasteiger charge is -2.32. The van der Waals surface area contributed by atoms with Gasteiger partial charge in [-0.1, -0.05) is 6.92 Å². The summed E-state index contributed by atoms with van der Waals surface area (Å²) in [5, 5.41) is 12.7. The predicted molar refractivity (Wildman–Crippen MR) is 77.2 cm³/mol. The van der Waals surface area contributed by atoms with Gasteiger partial charge in [0.2, 0.25) is 0 Å². The molecule has 0 aliphatic carbocycles. The first-order valence-electron chi connectivity index (χ1n) is 7.01. The standard InChI is InChI=1S/C15H22N4/c1-4-19-7-5-13(6-8-19)18-15-14(10-16)11(2)9-12(3)17-15/h9,13H,4-8H2,1-3H3,(H,17,18). The third-order valence-corrected chi connectivity index (χ3v) is 3.83. The Balaban J connectivity index is 2.10. The van der Waals surface area contributed by atoms with E-state index in [1.54, 1.807) is 0 Å². The van der Waals surface area contributed by atoms with E-state index >= 15 is 0 Å². The molecule has 1 aromatic heterocycles. The molecule has 4 nitrogen and oxygen atoms in total. The number of aryl methyl sites for hydroxylation is 2. The van der Waals surface area contributed by atoms with Gasteiger partial charge in [-0.3, -0.25) is 0 Å². The first-order chi connectivity index (χ1) is 9.13. The van der Waals surface area contributed by atoms with Crippen molar-refractivity contribution in [3.63, 3.8) is 0 Å². The van der Waals surface area contributed by atoms with Gasteiger partial charge in [0, 0.05) is 24.8 Å². The fourth-order valence-corrected chi connectivity index (χ4v) is 2.67. The summed E-state index contributed by atoms with van der Waals surface area (Å²) in [6, 6.07) is 4.66. The van der Waals surface area contributed by atoms with Crippen molar-refractivity contribution in [2.45, 2.75) is 39.7 Å². The number of aromatic nitrogens is 1. The van der Waals surface area contributed by atoms with Crippen LogP contribution in [0, 0.1) is 25.2 Å². The number of likely N-dealkylation sites (tertiary alicyclic amines) is 1. The average Bonchev–Trinajstić information content (AvgIpc) is 2.39. The Labute approximate surface area is 115 Å². The van der Waals surface area contributed by atoms with Crippen LogP contribution in [0.2, 0.25) is 0 Å². The first kappa shape index (κ1) is 13.8. The van der Waals surface area contributed by atoms with Crippen molar-refractivity contribution in [3.05, 3.63) is 22.9 Å². The van der Waals surface area contributed by atoms with E-state index < -0.39 is 0 Å². The van der Waals surface area contributed by atoms with Crippen molar-refractivity contribution in [1.29, 1.82) is 5.26 Å². The molecule has 1 aliphatic heterocycles. The van der Waals surface area contributed by atoms with Crippen LogP contribution in [0.4, 0.5) is 5.82 Å². The maximum absolute atomic E-state index is 9.26. The lowest BCUT2D eigenvalue weighted by molar-refractivity contribution is 0.229. The molecule has 0 unspecified atom stereocenters. The second-order valence-electron chi connectivity index (χ2n) is 5.27. The van der Waals surface area contributed by atoms with Crippen molar-refractivity contribution in [3.8, 4) is 6.07 Å². The monoisotopic (exact) mass is 258 g/mol. The summed E-state index contributed by atoms with van der Waals surface area (Å²) < 4.78 is 0. The molecule has 0 spiro atoms. The Kier molecular flexibility index (Phi) is 4.39. The molecule has 1 aliphatic rings. The number of nitrogens with zero attached hydrogens (tertiary/aromatic N) is 3. The molecular formula is C15H22N4. The SMILES string of the molecule is CCN1CCC(Nc2nc(C)cc(C)c2C#N)CC1. The molecule has 1 N–H and O–H groups in total. The summed E-state index contributed by atoms with van der Waals surface area (Å²) in [4.78, 5) is 6.95. The topological polar surface area (TPSA) is 52.0 Å². The number of pyridine rings is 1. The molecule has 1 aromatic rings. The Bertz CT molecular complexity index is 482. The summed E-state index contributed by atoms with van der Waals surface area (Å²) in [5.74, 6) is 0.759. The van der Waals surface area contributed by atoms with E-state index in [9.17, 15) is 5.26 Å². The molecule has 1 fully saturated rings. The molecule has 2 rings (SSSR count). The minimum atomic E-state index is 0.434. The van der Waals surface area contributed by atoms with Crippen LogP contribution < -0.4 is 5.32 Å². The van der Waals surface area contributed by atoms with Crippen LogP contribution in [0.1, 0.15) is 36.6 Å². The maximum Gasteiger partial charge on any atom is 0.144 e. The summed E-state index contributed by atoms with van der Waals surface area (Å²) in [5.41, 5.74) is 2.65. The largest absolute Gasteiger partial charge is 0.366 e. The molecule has 0 atom stereocenters. The fourth-order valence-electron chi connectivity index (χ4n) is 2.67. The van der Waals surface area contributed by atoms with Gasteiger partial charge in [-0.2, -0.15) is 5.26 Å². The lowest BCUT2D eigenvalue weighted by atomic mass is 10.0. The molecule has 2 heterocycles. The second kappa shape index (κ2) is 6.03. The van der Waals surface area contributed by atoms with Crippen LogP contribution in [-0.2, 0) is 0 Å². The average molecular weight is 258 g/mol. The number of hydrogen-bond donors (Lipinski definition) is 1. The van der Waals surface area contributed by atoms with Crippen LogP contribution in [0.3, 0.4) is 0 Å². The molecule has 19 heavy (non-hydrogen) atoms. The van der Waals surface area contributed by atoms with Gasteiger partial charge >= 0.3 is 0 Å². The summed E-state index contributed by atoms with van der Waals surface area (Å²) in [7, 11) is 0. The van der Waals surface area contributed by atoms with Crippen molar-refractivity contribution >= 4 is 5.82 Å². The fraction of sp³-hybridized carbons (Fsp3) is 0.600. The quantitative estimate of drug-likeness (QED) is 0.905. The highest BCUT2D eigenvalue weighted by Crippen LogP contribution is 2.21. The molecule has 1 saturated heterocycles. The van der Waals surface area contributed by atoms with Crippen molar-refractivity contribution in [2.24, 2.45) is 0 Å². The van der Waals surface area contributed by atoms with Crippen LogP contribution in [0.15, 0.2) is 6.07 Å². The molecule has 4 heteroatoms. The zero-order chi connectivity index (χ0) is 13.8.